The van der Waals surface area contributed by atoms with Crippen molar-refractivity contribution < 1.29 is 0 Å². The molecule has 3 aliphatic rings. The van der Waals surface area contributed by atoms with Crippen LogP contribution in [0.4, 0.5) is 27.3 Å². The fourth-order valence-corrected chi connectivity index (χ4v) is 12.1. The molecule has 2 aromatic heterocycles. The largest absolute Gasteiger partial charge is 0.287 e. The molecule has 0 bridgehead atoms. The maximum atomic E-state index is 5.04. The monoisotopic (exact) mass is 772 g/mol. The van der Waals surface area contributed by atoms with Crippen molar-refractivity contribution in [2.75, 3.05) is 9.80 Å². The van der Waals surface area contributed by atoms with Gasteiger partial charge in [0.15, 0.2) is 10.3 Å². The number of aryl methyl sites for hydroxylation is 7. The van der Waals surface area contributed by atoms with Gasteiger partial charge in [-0.05, 0) is 170 Å². The third-order valence-electron chi connectivity index (χ3n) is 12.6. The molecule has 56 heavy (non-hydrogen) atoms. The van der Waals surface area contributed by atoms with E-state index < -0.39 is 0 Å². The maximum absolute atomic E-state index is 5.04. The van der Waals surface area contributed by atoms with Gasteiger partial charge in [0.05, 0.1) is 11.4 Å². The first kappa shape index (κ1) is 36.8. The minimum atomic E-state index is -0.206. The molecule has 2 unspecified atom stereocenters. The van der Waals surface area contributed by atoms with Crippen molar-refractivity contribution >= 4 is 50.0 Å². The van der Waals surface area contributed by atoms with Gasteiger partial charge in [-0.15, -0.1) is 22.7 Å². The Morgan fingerprint density at radius 2 is 1.14 bits per heavy atom. The molecule has 284 valence electrons. The Hall–Kier alpha value is -4.78. The topological polar surface area (TPSA) is 32.3 Å². The molecule has 0 aliphatic heterocycles. The average molecular weight is 773 g/mol. The number of benzene rings is 4. The second kappa shape index (κ2) is 12.9. The molecule has 0 spiro atoms. The van der Waals surface area contributed by atoms with Crippen LogP contribution in [0.3, 0.4) is 0 Å². The Balaban J connectivity index is 1.18. The minimum absolute atomic E-state index is 0.112. The Morgan fingerprint density at radius 1 is 0.607 bits per heavy atom. The van der Waals surface area contributed by atoms with Crippen LogP contribution in [0.25, 0.3) is 11.1 Å². The zero-order valence-corrected chi connectivity index (χ0v) is 36.5. The SMILES string of the molecule is CC1=CC(N(c2cc(C)cc(C)c2)c2nc(C)cs2)=CC2C1c1ccc3c(c1C2(C)C)C(C)(C)c1cc(N(c2cc(C)cc(C)c2)c2nc(C)cs2)cc(C)c1-3. The van der Waals surface area contributed by atoms with Gasteiger partial charge >= 0.3 is 0 Å². The molecule has 6 aromatic rings. The van der Waals surface area contributed by atoms with Crippen LogP contribution in [0.15, 0.2) is 94.8 Å². The first-order valence-corrected chi connectivity index (χ1v) is 21.6. The van der Waals surface area contributed by atoms with Gasteiger partial charge in [0.2, 0.25) is 0 Å². The molecule has 0 saturated carbocycles. The van der Waals surface area contributed by atoms with E-state index in [4.69, 9.17) is 9.97 Å². The van der Waals surface area contributed by atoms with Crippen molar-refractivity contribution in [3.8, 4) is 11.1 Å². The molecule has 3 aliphatic carbocycles. The first-order chi connectivity index (χ1) is 26.5. The quantitative estimate of drug-likeness (QED) is 0.169. The van der Waals surface area contributed by atoms with Gasteiger partial charge in [-0.3, -0.25) is 9.80 Å². The van der Waals surface area contributed by atoms with Crippen LogP contribution >= 0.6 is 22.7 Å². The van der Waals surface area contributed by atoms with Crippen molar-refractivity contribution in [3.05, 3.63) is 156 Å². The molecular formula is C50H52N4S2. The molecule has 0 radical (unpaired) electrons. The Bertz CT molecular complexity index is 2620. The van der Waals surface area contributed by atoms with Gasteiger partial charge < -0.3 is 0 Å². The number of hydrogen-bond donors (Lipinski definition) is 0. The molecule has 0 amide bonds. The summed E-state index contributed by atoms with van der Waals surface area (Å²) in [5.74, 6) is 0.611. The summed E-state index contributed by atoms with van der Waals surface area (Å²) in [5, 5.41) is 6.34. The number of hydrogen-bond acceptors (Lipinski definition) is 6. The molecule has 4 nitrogen and oxygen atoms in total. The van der Waals surface area contributed by atoms with Gasteiger partial charge in [-0.25, -0.2) is 9.97 Å². The summed E-state index contributed by atoms with van der Waals surface area (Å²) in [7, 11) is 0. The van der Waals surface area contributed by atoms with E-state index in [1.807, 2.05) is 0 Å². The highest BCUT2D eigenvalue weighted by atomic mass is 32.1. The predicted octanol–water partition coefficient (Wildman–Crippen LogP) is 14.2. The third-order valence-corrected chi connectivity index (χ3v) is 14.4. The average Bonchev–Trinajstić information content (AvgIpc) is 3.84. The second-order valence-electron chi connectivity index (χ2n) is 17.9. The van der Waals surface area contributed by atoms with E-state index in [0.717, 1.165) is 27.3 Å². The smallest absolute Gasteiger partial charge is 0.194 e. The zero-order valence-electron chi connectivity index (χ0n) is 34.8. The van der Waals surface area contributed by atoms with Crippen molar-refractivity contribution in [3.63, 3.8) is 0 Å². The Kier molecular flexibility index (Phi) is 8.47. The lowest BCUT2D eigenvalue weighted by Crippen LogP contribution is -2.31. The number of anilines is 5. The highest BCUT2D eigenvalue weighted by molar-refractivity contribution is 7.14. The summed E-state index contributed by atoms with van der Waals surface area (Å²) in [6.45, 7) is 27.5. The lowest BCUT2D eigenvalue weighted by molar-refractivity contribution is 0.380. The van der Waals surface area contributed by atoms with Gasteiger partial charge in [0, 0.05) is 44.9 Å². The summed E-state index contributed by atoms with van der Waals surface area (Å²) in [5.41, 5.74) is 22.9. The molecule has 0 saturated heterocycles. The van der Waals surface area contributed by atoms with E-state index in [9.17, 15) is 0 Å². The van der Waals surface area contributed by atoms with Crippen LogP contribution in [-0.4, -0.2) is 9.97 Å². The molecule has 4 aromatic carbocycles. The van der Waals surface area contributed by atoms with Gasteiger partial charge in [-0.1, -0.05) is 63.6 Å². The normalized spacial score (nSPS) is 18.5. The van der Waals surface area contributed by atoms with Crippen molar-refractivity contribution in [1.82, 2.24) is 9.97 Å². The summed E-state index contributed by atoms with van der Waals surface area (Å²) >= 11 is 3.43. The number of allylic oxidation sites excluding steroid dienone is 3. The second-order valence-corrected chi connectivity index (χ2v) is 19.5. The van der Waals surface area contributed by atoms with E-state index in [0.29, 0.717) is 11.8 Å². The number of fused-ring (bicyclic) bond motifs is 7. The highest BCUT2D eigenvalue weighted by Gasteiger charge is 2.52. The van der Waals surface area contributed by atoms with Crippen LogP contribution in [0.2, 0.25) is 0 Å². The van der Waals surface area contributed by atoms with E-state index in [1.54, 1.807) is 22.7 Å². The third kappa shape index (κ3) is 5.66. The van der Waals surface area contributed by atoms with E-state index in [2.05, 4.69) is 176 Å². The van der Waals surface area contributed by atoms with Crippen LogP contribution in [0.5, 0.6) is 0 Å². The van der Waals surface area contributed by atoms with Crippen molar-refractivity contribution in [2.24, 2.45) is 5.92 Å². The van der Waals surface area contributed by atoms with Crippen LogP contribution < -0.4 is 9.80 Å². The van der Waals surface area contributed by atoms with Gasteiger partial charge in [-0.2, -0.15) is 0 Å². The highest BCUT2D eigenvalue weighted by Crippen LogP contribution is 2.63. The standard InChI is InChI=1S/C50H52N4S2/c1-27-15-28(2)18-35(17-27)53(47-51-33(7)25-55-47)37-21-31(5)43-39-13-14-40-44-32(6)22-38(24-42(44)50(11,12)46(40)45(39)49(9,10)41(43)23-37)54(48-52-34(8)26-56-48)36-19-29(3)16-30(4)20-36/h13-26,41,43H,1-12H3. The summed E-state index contributed by atoms with van der Waals surface area (Å²) in [4.78, 5) is 14.8. The minimum Gasteiger partial charge on any atom is -0.287 e. The number of thiazole rings is 2. The molecule has 0 fully saturated rings. The zero-order chi connectivity index (χ0) is 39.6. The van der Waals surface area contributed by atoms with E-state index in [-0.39, 0.29) is 10.8 Å². The molecule has 2 atom stereocenters. The summed E-state index contributed by atoms with van der Waals surface area (Å²) in [6, 6.07) is 23.5. The van der Waals surface area contributed by atoms with Crippen molar-refractivity contribution in [2.45, 2.75) is 99.8 Å². The number of aromatic nitrogens is 2. The molecule has 6 heteroatoms. The van der Waals surface area contributed by atoms with Crippen LogP contribution in [-0.2, 0) is 10.8 Å². The lowest BCUT2D eigenvalue weighted by Gasteiger charge is -2.37. The number of nitrogens with zero attached hydrogens (tertiary/aromatic N) is 4. The molecule has 0 N–H and O–H groups in total. The summed E-state index contributed by atoms with van der Waals surface area (Å²) in [6.07, 6.45) is 5.01. The summed E-state index contributed by atoms with van der Waals surface area (Å²) < 4.78 is 0. The fraction of sp³-hybridized carbons (Fsp3) is 0.320. The molecular weight excluding hydrogens is 721 g/mol. The molecule has 2 heterocycles. The first-order valence-electron chi connectivity index (χ1n) is 19.9. The Labute approximate surface area is 341 Å². The fourth-order valence-electron chi connectivity index (χ4n) is 10.4. The van der Waals surface area contributed by atoms with Crippen LogP contribution in [0, 0.1) is 54.4 Å². The number of rotatable bonds is 6. The van der Waals surface area contributed by atoms with Gasteiger partial charge in [0.1, 0.15) is 0 Å². The van der Waals surface area contributed by atoms with Crippen molar-refractivity contribution in [1.29, 1.82) is 0 Å². The van der Waals surface area contributed by atoms with E-state index >= 15 is 0 Å². The predicted molar refractivity (Wildman–Crippen MR) is 239 cm³/mol. The van der Waals surface area contributed by atoms with Gasteiger partial charge in [0.25, 0.3) is 0 Å². The van der Waals surface area contributed by atoms with E-state index in [1.165, 1.54) is 83.8 Å². The Morgan fingerprint density at radius 3 is 1.70 bits per heavy atom. The maximum Gasteiger partial charge on any atom is 0.194 e. The molecule has 9 rings (SSSR count). The lowest BCUT2D eigenvalue weighted by atomic mass is 9.69. The van der Waals surface area contributed by atoms with Crippen LogP contribution in [0.1, 0.15) is 102 Å².